The molecule has 1 aliphatic heterocycles. The first kappa shape index (κ1) is 13.5. The first-order valence-corrected chi connectivity index (χ1v) is 7.75. The predicted octanol–water partition coefficient (Wildman–Crippen LogP) is 3.04. The second-order valence-electron chi connectivity index (χ2n) is 4.97. The van der Waals surface area contributed by atoms with Gasteiger partial charge in [-0.15, -0.1) is 0 Å². The molecule has 0 saturated heterocycles. The second-order valence-corrected chi connectivity index (χ2v) is 5.75. The lowest BCUT2D eigenvalue weighted by molar-refractivity contribution is 0.354. The van der Waals surface area contributed by atoms with Crippen LogP contribution in [0, 0.1) is 0 Å². The molecule has 0 radical (unpaired) electrons. The summed E-state index contributed by atoms with van der Waals surface area (Å²) < 4.78 is 10.9. The van der Waals surface area contributed by atoms with Crippen LogP contribution in [0.1, 0.15) is 22.6 Å². The maximum atomic E-state index is 5.47. The molecule has 3 nitrogen and oxygen atoms in total. The smallest absolute Gasteiger partial charge is 0.161 e. The van der Waals surface area contributed by atoms with Gasteiger partial charge in [0.1, 0.15) is 0 Å². The number of benzene rings is 1. The molecule has 1 aliphatic rings. The number of thiophene rings is 1. The van der Waals surface area contributed by atoms with Crippen LogP contribution in [0.2, 0.25) is 0 Å². The van der Waals surface area contributed by atoms with Crippen molar-refractivity contribution in [3.63, 3.8) is 0 Å². The standard InChI is InChI=1S/C16H19NO2S/c1-18-15-7-11-3-5-17-9-14(12-4-6-20-10-12)13(11)8-16(15)19-2/h4,6-8,10,14,17H,3,5,9H2,1-2H3. The molecule has 20 heavy (non-hydrogen) atoms. The van der Waals surface area contributed by atoms with Crippen LogP contribution in [0.5, 0.6) is 11.5 Å². The Morgan fingerprint density at radius 1 is 1.20 bits per heavy atom. The highest BCUT2D eigenvalue weighted by molar-refractivity contribution is 7.08. The predicted molar refractivity (Wildman–Crippen MR) is 82.3 cm³/mol. The van der Waals surface area contributed by atoms with Crippen molar-refractivity contribution in [2.45, 2.75) is 12.3 Å². The molecule has 106 valence electrons. The van der Waals surface area contributed by atoms with Gasteiger partial charge in [-0.1, -0.05) is 0 Å². The second kappa shape index (κ2) is 5.85. The van der Waals surface area contributed by atoms with Crippen molar-refractivity contribution in [3.05, 3.63) is 45.6 Å². The third-order valence-corrected chi connectivity index (χ3v) is 4.59. The van der Waals surface area contributed by atoms with E-state index >= 15 is 0 Å². The summed E-state index contributed by atoms with van der Waals surface area (Å²) in [6.07, 6.45) is 1.02. The van der Waals surface area contributed by atoms with Crippen molar-refractivity contribution in [3.8, 4) is 11.5 Å². The first-order chi connectivity index (χ1) is 9.83. The van der Waals surface area contributed by atoms with Gasteiger partial charge < -0.3 is 14.8 Å². The van der Waals surface area contributed by atoms with Crippen LogP contribution in [0.15, 0.2) is 29.0 Å². The molecule has 3 rings (SSSR count). The molecule has 1 aromatic carbocycles. The zero-order chi connectivity index (χ0) is 13.9. The molecular formula is C16H19NO2S. The van der Waals surface area contributed by atoms with E-state index in [1.165, 1.54) is 16.7 Å². The molecule has 0 bridgehead atoms. The number of nitrogens with one attached hydrogen (secondary N) is 1. The third-order valence-electron chi connectivity index (χ3n) is 3.89. The quantitative estimate of drug-likeness (QED) is 0.942. The zero-order valence-corrected chi connectivity index (χ0v) is 12.6. The minimum absolute atomic E-state index is 0.388. The average Bonchev–Trinajstić information content (AvgIpc) is 2.93. The highest BCUT2D eigenvalue weighted by Crippen LogP contribution is 2.37. The minimum Gasteiger partial charge on any atom is -0.493 e. The lowest BCUT2D eigenvalue weighted by atomic mass is 9.89. The highest BCUT2D eigenvalue weighted by atomic mass is 32.1. The topological polar surface area (TPSA) is 30.5 Å². The highest BCUT2D eigenvalue weighted by Gasteiger charge is 2.23. The summed E-state index contributed by atoms with van der Waals surface area (Å²) in [6, 6.07) is 6.48. The Labute approximate surface area is 123 Å². The van der Waals surface area contributed by atoms with Crippen molar-refractivity contribution in [1.29, 1.82) is 0 Å². The summed E-state index contributed by atoms with van der Waals surface area (Å²) in [5, 5.41) is 7.90. The molecule has 0 fully saturated rings. The Balaban J connectivity index is 2.10. The van der Waals surface area contributed by atoms with E-state index in [9.17, 15) is 0 Å². The lowest BCUT2D eigenvalue weighted by Gasteiger charge is -2.19. The molecule has 4 heteroatoms. The van der Waals surface area contributed by atoms with E-state index in [1.54, 1.807) is 25.6 Å². The average molecular weight is 289 g/mol. The minimum atomic E-state index is 0.388. The van der Waals surface area contributed by atoms with Gasteiger partial charge in [0.25, 0.3) is 0 Å². The summed E-state index contributed by atoms with van der Waals surface area (Å²) in [6.45, 7) is 1.97. The van der Waals surface area contributed by atoms with E-state index in [-0.39, 0.29) is 0 Å². The lowest BCUT2D eigenvalue weighted by Crippen LogP contribution is -2.20. The summed E-state index contributed by atoms with van der Waals surface area (Å²) in [4.78, 5) is 0. The maximum absolute atomic E-state index is 5.47. The van der Waals surface area contributed by atoms with Gasteiger partial charge in [0.05, 0.1) is 14.2 Å². The van der Waals surface area contributed by atoms with E-state index in [0.717, 1.165) is 31.0 Å². The van der Waals surface area contributed by atoms with Crippen molar-refractivity contribution in [2.75, 3.05) is 27.3 Å². The van der Waals surface area contributed by atoms with Gasteiger partial charge >= 0.3 is 0 Å². The molecule has 1 unspecified atom stereocenters. The monoisotopic (exact) mass is 289 g/mol. The van der Waals surface area contributed by atoms with Gasteiger partial charge in [-0.25, -0.2) is 0 Å². The van der Waals surface area contributed by atoms with Gasteiger partial charge in [-0.3, -0.25) is 0 Å². The van der Waals surface area contributed by atoms with Crippen LogP contribution in [-0.4, -0.2) is 27.3 Å². The fraction of sp³-hybridized carbons (Fsp3) is 0.375. The van der Waals surface area contributed by atoms with E-state index < -0.39 is 0 Å². The molecule has 1 aromatic heterocycles. The van der Waals surface area contributed by atoms with E-state index in [0.29, 0.717) is 5.92 Å². The molecule has 2 aromatic rings. The van der Waals surface area contributed by atoms with Crippen molar-refractivity contribution in [2.24, 2.45) is 0 Å². The SMILES string of the molecule is COc1cc2c(cc1OC)C(c1ccsc1)CNCC2. The van der Waals surface area contributed by atoms with Gasteiger partial charge in [-0.2, -0.15) is 11.3 Å². The molecule has 0 spiro atoms. The van der Waals surface area contributed by atoms with E-state index in [2.05, 4.69) is 34.3 Å². The van der Waals surface area contributed by atoms with E-state index in [4.69, 9.17) is 9.47 Å². The van der Waals surface area contributed by atoms with Crippen LogP contribution in [0.25, 0.3) is 0 Å². The summed E-state index contributed by atoms with van der Waals surface area (Å²) in [5.41, 5.74) is 4.08. The third kappa shape index (κ3) is 2.41. The number of fused-ring (bicyclic) bond motifs is 1. The van der Waals surface area contributed by atoms with Crippen molar-refractivity contribution in [1.82, 2.24) is 5.32 Å². The van der Waals surface area contributed by atoms with Crippen LogP contribution >= 0.6 is 11.3 Å². The van der Waals surface area contributed by atoms with E-state index in [1.807, 2.05) is 0 Å². The Kier molecular flexibility index (Phi) is 3.94. The van der Waals surface area contributed by atoms with Gasteiger partial charge in [0.15, 0.2) is 11.5 Å². The van der Waals surface area contributed by atoms with Crippen LogP contribution < -0.4 is 14.8 Å². The normalized spacial score (nSPS) is 18.2. The Hall–Kier alpha value is -1.52. The largest absolute Gasteiger partial charge is 0.493 e. The number of hydrogen-bond donors (Lipinski definition) is 1. The van der Waals surface area contributed by atoms with Crippen molar-refractivity contribution >= 4 is 11.3 Å². The van der Waals surface area contributed by atoms with Gasteiger partial charge in [-0.05, 0) is 58.6 Å². The number of hydrogen-bond acceptors (Lipinski definition) is 4. The first-order valence-electron chi connectivity index (χ1n) is 6.81. The Bertz CT molecular complexity index is 580. The number of methoxy groups -OCH3 is 2. The molecule has 2 heterocycles. The summed E-state index contributed by atoms with van der Waals surface area (Å²) in [7, 11) is 3.38. The maximum Gasteiger partial charge on any atom is 0.161 e. The fourth-order valence-electron chi connectivity index (χ4n) is 2.83. The molecule has 1 N–H and O–H groups in total. The number of ether oxygens (including phenoxy) is 2. The van der Waals surface area contributed by atoms with Crippen LogP contribution in [0.4, 0.5) is 0 Å². The zero-order valence-electron chi connectivity index (χ0n) is 11.8. The van der Waals surface area contributed by atoms with Crippen LogP contribution in [-0.2, 0) is 6.42 Å². The van der Waals surface area contributed by atoms with Crippen molar-refractivity contribution < 1.29 is 9.47 Å². The Morgan fingerprint density at radius 3 is 2.70 bits per heavy atom. The molecule has 0 amide bonds. The fourth-order valence-corrected chi connectivity index (χ4v) is 3.54. The molecule has 0 saturated carbocycles. The van der Waals surface area contributed by atoms with Gasteiger partial charge in [0, 0.05) is 12.5 Å². The summed E-state index contributed by atoms with van der Waals surface area (Å²) >= 11 is 1.75. The molecule has 0 aliphatic carbocycles. The molecule has 1 atom stereocenters. The van der Waals surface area contributed by atoms with Crippen LogP contribution in [0.3, 0.4) is 0 Å². The number of rotatable bonds is 3. The Morgan fingerprint density at radius 2 is 2.00 bits per heavy atom. The summed E-state index contributed by atoms with van der Waals surface area (Å²) in [5.74, 6) is 2.02. The molecular weight excluding hydrogens is 270 g/mol. The van der Waals surface area contributed by atoms with Gasteiger partial charge in [0.2, 0.25) is 0 Å².